The Balaban J connectivity index is 1.04. The number of ether oxygens (including phenoxy) is 1. The van der Waals surface area contributed by atoms with Crippen molar-refractivity contribution in [3.8, 4) is 0 Å². The van der Waals surface area contributed by atoms with Gasteiger partial charge in [-0.25, -0.2) is 4.98 Å². The van der Waals surface area contributed by atoms with Crippen LogP contribution in [-0.2, 0) is 22.4 Å². The summed E-state index contributed by atoms with van der Waals surface area (Å²) in [5, 5.41) is 3.44. The second-order valence-corrected chi connectivity index (χ2v) is 10.8. The Bertz CT molecular complexity index is 986. The van der Waals surface area contributed by atoms with E-state index in [-0.39, 0.29) is 17.8 Å². The van der Waals surface area contributed by atoms with E-state index in [0.29, 0.717) is 6.61 Å². The van der Waals surface area contributed by atoms with Crippen molar-refractivity contribution in [3.05, 3.63) is 58.8 Å². The van der Waals surface area contributed by atoms with Crippen molar-refractivity contribution in [2.24, 2.45) is 0 Å². The Morgan fingerprint density at radius 2 is 2.00 bits per heavy atom. The van der Waals surface area contributed by atoms with Gasteiger partial charge in [-0.2, -0.15) is 0 Å². The third-order valence-electron chi connectivity index (χ3n) is 7.96. The predicted octanol–water partition coefficient (Wildman–Crippen LogP) is 5.49. The van der Waals surface area contributed by atoms with Gasteiger partial charge in [0, 0.05) is 31.3 Å². The van der Waals surface area contributed by atoms with Crippen LogP contribution in [0.2, 0.25) is 0 Å². The number of Topliss-reactive ketones (excluding diaryl/α,β-unsaturated/α-hetero) is 1. The highest BCUT2D eigenvalue weighted by Crippen LogP contribution is 2.40. The Hall–Kier alpha value is -2.24. The Morgan fingerprint density at radius 3 is 2.80 bits per heavy atom. The van der Waals surface area contributed by atoms with Gasteiger partial charge in [0.05, 0.1) is 6.10 Å². The average molecular weight is 476 g/mol. The number of anilines is 1. The van der Waals surface area contributed by atoms with E-state index in [4.69, 9.17) is 9.72 Å². The molecule has 0 radical (unpaired) electrons. The van der Waals surface area contributed by atoms with Crippen LogP contribution in [0.4, 0.5) is 5.82 Å². The maximum atomic E-state index is 12.4. The lowest BCUT2D eigenvalue weighted by molar-refractivity contribution is -0.119. The number of likely N-dealkylation sites (tertiary alicyclic amines) is 1. The maximum absolute atomic E-state index is 12.4. The van der Waals surface area contributed by atoms with E-state index in [0.717, 1.165) is 75.6 Å². The molecule has 5 heteroatoms. The van der Waals surface area contributed by atoms with E-state index in [1.165, 1.54) is 42.5 Å². The van der Waals surface area contributed by atoms with Crippen molar-refractivity contribution < 1.29 is 9.53 Å². The van der Waals surface area contributed by atoms with Crippen molar-refractivity contribution in [3.63, 3.8) is 0 Å². The number of hydrogen-bond acceptors (Lipinski definition) is 5. The molecule has 1 saturated carbocycles. The van der Waals surface area contributed by atoms with Crippen molar-refractivity contribution in [2.75, 3.05) is 38.1 Å². The molecule has 0 amide bonds. The van der Waals surface area contributed by atoms with E-state index in [9.17, 15) is 4.79 Å². The van der Waals surface area contributed by atoms with Gasteiger partial charge in [0.2, 0.25) is 0 Å². The number of benzene rings is 1. The number of pyridine rings is 1. The first-order valence-corrected chi connectivity index (χ1v) is 13.8. The topological polar surface area (TPSA) is 54.5 Å². The van der Waals surface area contributed by atoms with Crippen LogP contribution in [0.3, 0.4) is 0 Å². The first-order valence-electron chi connectivity index (χ1n) is 13.8. The van der Waals surface area contributed by atoms with Gasteiger partial charge in [0.15, 0.2) is 0 Å². The molecule has 3 aliphatic rings. The molecule has 0 unspecified atom stereocenters. The molecule has 35 heavy (non-hydrogen) atoms. The highest BCUT2D eigenvalue weighted by molar-refractivity contribution is 5.83. The number of nitrogens with zero attached hydrogens (tertiary/aromatic N) is 2. The Kier molecular flexibility index (Phi) is 8.15. The number of carbonyl (C=O) groups excluding carboxylic acids is 1. The molecule has 1 saturated heterocycles. The zero-order valence-electron chi connectivity index (χ0n) is 21.3. The smallest absolute Gasteiger partial charge is 0.137 e. The second kappa shape index (κ2) is 11.7. The Labute approximate surface area is 210 Å². The summed E-state index contributed by atoms with van der Waals surface area (Å²) in [6, 6.07) is 13.2. The number of hydrogen-bond donors (Lipinski definition) is 1. The van der Waals surface area contributed by atoms with E-state index in [1.54, 1.807) is 6.92 Å². The molecule has 2 atom stereocenters. The summed E-state index contributed by atoms with van der Waals surface area (Å²) in [4.78, 5) is 19.7. The molecule has 1 aromatic carbocycles. The van der Waals surface area contributed by atoms with E-state index >= 15 is 0 Å². The molecule has 1 aliphatic carbocycles. The maximum Gasteiger partial charge on any atom is 0.137 e. The highest BCUT2D eigenvalue weighted by Gasteiger charge is 2.25. The third-order valence-corrected chi connectivity index (χ3v) is 7.96. The highest BCUT2D eigenvalue weighted by atomic mass is 16.5. The minimum atomic E-state index is -0.0541. The first kappa shape index (κ1) is 24.5. The van der Waals surface area contributed by atoms with Crippen LogP contribution in [0.25, 0.3) is 0 Å². The third kappa shape index (κ3) is 6.71. The zero-order valence-corrected chi connectivity index (χ0v) is 21.3. The van der Waals surface area contributed by atoms with Gasteiger partial charge in [0.25, 0.3) is 0 Å². The molecule has 0 spiro atoms. The van der Waals surface area contributed by atoms with Crippen LogP contribution in [0.15, 0.2) is 36.4 Å². The van der Waals surface area contributed by atoms with Crippen molar-refractivity contribution in [1.82, 2.24) is 9.88 Å². The molecule has 2 fully saturated rings. The second-order valence-electron chi connectivity index (χ2n) is 10.8. The number of aromatic nitrogens is 1. The summed E-state index contributed by atoms with van der Waals surface area (Å²) in [6.45, 7) is 6.66. The quantitative estimate of drug-likeness (QED) is 0.465. The van der Waals surface area contributed by atoms with Crippen molar-refractivity contribution in [2.45, 2.75) is 82.7 Å². The number of aryl methyl sites for hydroxylation is 2. The predicted molar refractivity (Wildman–Crippen MR) is 141 cm³/mol. The van der Waals surface area contributed by atoms with Crippen LogP contribution in [0, 0.1) is 0 Å². The molecular formula is C30H41N3O2. The van der Waals surface area contributed by atoms with Gasteiger partial charge in [-0.1, -0.05) is 30.3 Å². The number of fused-ring (bicyclic) bond motifs is 1. The number of ketones is 1. The molecular weight excluding hydrogens is 434 g/mol. The lowest BCUT2D eigenvalue weighted by Gasteiger charge is -2.33. The monoisotopic (exact) mass is 475 g/mol. The number of piperidine rings is 1. The molecule has 1 N–H and O–H groups in total. The normalized spacial score (nSPS) is 21.2. The van der Waals surface area contributed by atoms with E-state index in [2.05, 4.69) is 46.6 Å². The summed E-state index contributed by atoms with van der Waals surface area (Å²) in [6.07, 6.45) is 10.5. The molecule has 3 heterocycles. The van der Waals surface area contributed by atoms with E-state index in [1.807, 2.05) is 0 Å². The number of carbonyl (C=O) groups is 1. The number of rotatable bonds is 11. The number of nitrogens with one attached hydrogen (secondary N) is 1. The van der Waals surface area contributed by atoms with Crippen LogP contribution >= 0.6 is 0 Å². The SMILES string of the molecule is CC(=O)[C@H](CCO[C@@H]1CCCN(CCCc2ccc3c(n2)NCCC3)C1)c1ccc(C2CC2)cc1. The molecule has 188 valence electrons. The lowest BCUT2D eigenvalue weighted by Crippen LogP contribution is -2.40. The van der Waals surface area contributed by atoms with Crippen LogP contribution in [0.5, 0.6) is 0 Å². The minimum absolute atomic E-state index is 0.0541. The van der Waals surface area contributed by atoms with Gasteiger partial charge >= 0.3 is 0 Å². The fraction of sp³-hybridized carbons (Fsp3) is 0.600. The largest absolute Gasteiger partial charge is 0.377 e. The standard InChI is InChI=1S/C30H41N3O2/c1-22(34)29(25-12-10-24(11-13-25)23-8-9-23)16-20-35-28-7-4-19-33(21-28)18-3-6-27-15-14-26-5-2-17-31-30(26)32-27/h10-15,23,28-29H,2-9,16-21H2,1H3,(H,31,32)/t28-,29+/m1/s1. The van der Waals surface area contributed by atoms with Gasteiger partial charge in [-0.3, -0.25) is 4.79 Å². The first-order chi connectivity index (χ1) is 17.2. The molecule has 0 bridgehead atoms. The fourth-order valence-corrected chi connectivity index (χ4v) is 5.72. The lowest BCUT2D eigenvalue weighted by atomic mass is 9.91. The zero-order chi connectivity index (χ0) is 24.0. The summed E-state index contributed by atoms with van der Waals surface area (Å²) in [5.74, 6) is 2.04. The van der Waals surface area contributed by atoms with Crippen LogP contribution in [-0.4, -0.2) is 54.6 Å². The summed E-state index contributed by atoms with van der Waals surface area (Å²) >= 11 is 0. The van der Waals surface area contributed by atoms with Crippen LogP contribution in [0.1, 0.15) is 86.1 Å². The molecule has 2 aliphatic heterocycles. The molecule has 2 aromatic rings. The van der Waals surface area contributed by atoms with Gasteiger partial charge < -0.3 is 15.0 Å². The fourth-order valence-electron chi connectivity index (χ4n) is 5.72. The van der Waals surface area contributed by atoms with E-state index < -0.39 is 0 Å². The molecule has 1 aromatic heterocycles. The molecule has 5 rings (SSSR count). The van der Waals surface area contributed by atoms with Crippen molar-refractivity contribution >= 4 is 11.6 Å². The summed E-state index contributed by atoms with van der Waals surface area (Å²) in [7, 11) is 0. The molecule has 5 nitrogen and oxygen atoms in total. The van der Waals surface area contributed by atoms with Crippen LogP contribution < -0.4 is 5.32 Å². The van der Waals surface area contributed by atoms with Gasteiger partial charge in [-0.05, 0) is 106 Å². The van der Waals surface area contributed by atoms with Gasteiger partial charge in [0.1, 0.15) is 11.6 Å². The summed E-state index contributed by atoms with van der Waals surface area (Å²) in [5.41, 5.74) is 5.12. The van der Waals surface area contributed by atoms with Crippen molar-refractivity contribution in [1.29, 1.82) is 0 Å². The summed E-state index contributed by atoms with van der Waals surface area (Å²) < 4.78 is 6.30. The Morgan fingerprint density at radius 1 is 1.14 bits per heavy atom. The van der Waals surface area contributed by atoms with Gasteiger partial charge in [-0.15, -0.1) is 0 Å². The average Bonchev–Trinajstić information content (AvgIpc) is 3.73. The minimum Gasteiger partial charge on any atom is -0.377 e.